The van der Waals surface area contributed by atoms with E-state index < -0.39 is 0 Å². The van der Waals surface area contributed by atoms with Crippen molar-refractivity contribution in [2.75, 3.05) is 0 Å². The maximum Gasteiger partial charge on any atom is 0.0158 e. The Labute approximate surface area is 338 Å². The quantitative estimate of drug-likeness (QED) is 0.148. The maximum absolute atomic E-state index is 2.50. The van der Waals surface area contributed by atoms with Crippen LogP contribution >= 0.6 is 0 Å². The average Bonchev–Trinajstić information content (AvgIpc) is 3.27. The molecule has 55 heavy (non-hydrogen) atoms. The molecule has 1 aliphatic carbocycles. The molecule has 0 aromatic heterocycles. The van der Waals surface area contributed by atoms with Gasteiger partial charge in [0.1, 0.15) is 0 Å². The zero-order valence-corrected chi connectivity index (χ0v) is 38.7. The van der Waals surface area contributed by atoms with E-state index in [0.717, 1.165) is 0 Å². The molecular formula is C55H76. The van der Waals surface area contributed by atoms with E-state index in [4.69, 9.17) is 0 Å². The molecular weight excluding hydrogens is 661 g/mol. The molecule has 0 atom stereocenters. The monoisotopic (exact) mass is 737 g/mol. The molecule has 0 saturated heterocycles. The van der Waals surface area contributed by atoms with E-state index >= 15 is 0 Å². The third kappa shape index (κ3) is 9.85. The Hall–Kier alpha value is -3.64. The van der Waals surface area contributed by atoms with Crippen LogP contribution in [0.5, 0.6) is 0 Å². The highest BCUT2D eigenvalue weighted by Crippen LogP contribution is 2.51. The van der Waals surface area contributed by atoms with Crippen molar-refractivity contribution in [2.24, 2.45) is 0 Å². The molecule has 0 aliphatic heterocycles. The number of hydrogen-bond acceptors (Lipinski definition) is 0. The number of fused-ring (bicyclic) bond motifs is 4. The van der Waals surface area contributed by atoms with Crippen LogP contribution in [0.1, 0.15) is 183 Å². The smallest absolute Gasteiger partial charge is 0.0158 e. The minimum absolute atomic E-state index is 0.0857. The van der Waals surface area contributed by atoms with Crippen LogP contribution in [0.25, 0.3) is 21.9 Å². The fourth-order valence-corrected chi connectivity index (χ4v) is 8.26. The van der Waals surface area contributed by atoms with Gasteiger partial charge in [0.25, 0.3) is 0 Å². The number of rotatable bonds is 0. The van der Waals surface area contributed by atoms with Crippen molar-refractivity contribution in [2.45, 2.75) is 176 Å². The zero-order valence-electron chi connectivity index (χ0n) is 38.7. The van der Waals surface area contributed by atoms with Gasteiger partial charge in [-0.1, -0.05) is 236 Å². The van der Waals surface area contributed by atoms with Crippen LogP contribution in [0.3, 0.4) is 0 Å². The zero-order chi connectivity index (χ0) is 41.7. The Bertz CT molecular complexity index is 2020. The molecule has 5 aromatic rings. The standard InChI is InChI=1S/C23H30.C18H24.C14H22/c1-21(2,3)19-13-16-15-11-9-10-12-17(15)23(7,8)18(16)14-20(19)22(4,5)6;1-17(2,3)15-11-13-9-7-8-10-14(13)12-16(15)18(4,5)6;1-13(2,3)11-9-7-8-10-12(11)14(4,5)6/h9-14H,1-8H3;7-12H,1-6H3;7-10H,1-6H3. The van der Waals surface area contributed by atoms with Gasteiger partial charge in [0, 0.05) is 5.41 Å². The van der Waals surface area contributed by atoms with E-state index in [1.54, 1.807) is 0 Å². The molecule has 0 unspecified atom stereocenters. The molecule has 0 amide bonds. The third-order valence-electron chi connectivity index (χ3n) is 11.4. The van der Waals surface area contributed by atoms with Crippen molar-refractivity contribution < 1.29 is 0 Å². The van der Waals surface area contributed by atoms with E-state index in [9.17, 15) is 0 Å². The second-order valence-electron chi connectivity index (χ2n) is 22.9. The molecule has 0 heteroatoms. The van der Waals surface area contributed by atoms with E-state index in [2.05, 4.69) is 236 Å². The van der Waals surface area contributed by atoms with Crippen molar-refractivity contribution in [1.82, 2.24) is 0 Å². The van der Waals surface area contributed by atoms with Crippen molar-refractivity contribution in [3.8, 4) is 11.1 Å². The topological polar surface area (TPSA) is 0 Å². The van der Waals surface area contributed by atoms with Crippen LogP contribution in [0.2, 0.25) is 0 Å². The van der Waals surface area contributed by atoms with Gasteiger partial charge in [-0.2, -0.15) is 0 Å². The molecule has 0 radical (unpaired) electrons. The first-order chi connectivity index (χ1) is 24.9. The normalized spacial score (nSPS) is 14.3. The Morgan fingerprint density at radius 3 is 0.982 bits per heavy atom. The minimum atomic E-state index is 0.0857. The van der Waals surface area contributed by atoms with Gasteiger partial charge in [-0.05, 0) is 98.9 Å². The van der Waals surface area contributed by atoms with E-state index in [0.29, 0.717) is 0 Å². The van der Waals surface area contributed by atoms with Gasteiger partial charge in [0.15, 0.2) is 0 Å². The Morgan fingerprint density at radius 2 is 0.600 bits per heavy atom. The molecule has 1 aliphatic rings. The predicted octanol–water partition coefficient (Wildman–Crippen LogP) is 16.3. The van der Waals surface area contributed by atoms with E-state index in [1.165, 1.54) is 66.4 Å². The summed E-state index contributed by atoms with van der Waals surface area (Å²) < 4.78 is 0. The summed E-state index contributed by atoms with van der Waals surface area (Å²) in [6.45, 7) is 46.1. The fraction of sp³-hybridized carbons (Fsp3) is 0.491. The first-order valence-electron chi connectivity index (χ1n) is 20.8. The molecule has 0 bridgehead atoms. The van der Waals surface area contributed by atoms with Crippen LogP contribution in [0.4, 0.5) is 0 Å². The van der Waals surface area contributed by atoms with Crippen LogP contribution in [0.15, 0.2) is 97.1 Å². The SMILES string of the molecule is CC(C)(C)c1cc2c(cc1C(C)(C)C)C(C)(C)c1ccccc1-2.CC(C)(C)c1cc2ccccc2cc1C(C)(C)C.CC(C)(C)c1ccccc1C(C)(C)C. The van der Waals surface area contributed by atoms with Crippen LogP contribution in [-0.2, 0) is 37.9 Å². The summed E-state index contributed by atoms with van der Waals surface area (Å²) in [6.07, 6.45) is 0. The van der Waals surface area contributed by atoms with Gasteiger partial charge < -0.3 is 0 Å². The van der Waals surface area contributed by atoms with Crippen molar-refractivity contribution in [3.05, 3.63) is 142 Å². The van der Waals surface area contributed by atoms with Crippen molar-refractivity contribution in [1.29, 1.82) is 0 Å². The maximum atomic E-state index is 2.50. The summed E-state index contributed by atoms with van der Waals surface area (Å²) in [5.41, 5.74) is 15.9. The predicted molar refractivity (Wildman–Crippen MR) is 247 cm³/mol. The summed E-state index contributed by atoms with van der Waals surface area (Å²) in [5.74, 6) is 0. The largest absolute Gasteiger partial charge is 0.0620 e. The molecule has 0 spiro atoms. The lowest BCUT2D eigenvalue weighted by atomic mass is 9.72. The van der Waals surface area contributed by atoms with E-state index in [1.807, 2.05) is 0 Å². The van der Waals surface area contributed by atoms with Gasteiger partial charge in [0.2, 0.25) is 0 Å². The Balaban J connectivity index is 0.000000190. The molecule has 0 nitrogen and oxygen atoms in total. The summed E-state index contributed by atoms with van der Waals surface area (Å²) in [7, 11) is 0. The lowest BCUT2D eigenvalue weighted by Crippen LogP contribution is -2.24. The number of benzene rings is 5. The molecule has 0 saturated carbocycles. The number of hydrogen-bond donors (Lipinski definition) is 0. The highest BCUT2D eigenvalue weighted by atomic mass is 14.4. The summed E-state index contributed by atoms with van der Waals surface area (Å²) in [4.78, 5) is 0. The van der Waals surface area contributed by atoms with Gasteiger partial charge in [-0.25, -0.2) is 0 Å². The van der Waals surface area contributed by atoms with Crippen molar-refractivity contribution >= 4 is 10.8 Å². The average molecular weight is 737 g/mol. The molecule has 6 rings (SSSR count). The molecule has 0 N–H and O–H groups in total. The molecule has 0 fully saturated rings. The van der Waals surface area contributed by atoms with Gasteiger partial charge in [-0.15, -0.1) is 0 Å². The fourth-order valence-electron chi connectivity index (χ4n) is 8.26. The summed E-state index contributed by atoms with van der Waals surface area (Å²) >= 11 is 0. The minimum Gasteiger partial charge on any atom is -0.0620 e. The lowest BCUT2D eigenvalue weighted by molar-refractivity contribution is 0.527. The second-order valence-corrected chi connectivity index (χ2v) is 22.9. The van der Waals surface area contributed by atoms with Gasteiger partial charge in [0.05, 0.1) is 0 Å². The van der Waals surface area contributed by atoms with Crippen LogP contribution in [-0.4, -0.2) is 0 Å². The summed E-state index contributed by atoms with van der Waals surface area (Å²) in [5, 5.41) is 2.69. The summed E-state index contributed by atoms with van der Waals surface area (Å²) in [6, 6.07) is 36.0. The second kappa shape index (κ2) is 15.0. The molecule has 296 valence electrons. The highest BCUT2D eigenvalue weighted by Gasteiger charge is 2.38. The van der Waals surface area contributed by atoms with E-state index in [-0.39, 0.29) is 37.9 Å². The Morgan fingerprint density at radius 1 is 0.291 bits per heavy atom. The van der Waals surface area contributed by atoms with Crippen molar-refractivity contribution in [3.63, 3.8) is 0 Å². The highest BCUT2D eigenvalue weighted by molar-refractivity contribution is 5.85. The van der Waals surface area contributed by atoms with Crippen LogP contribution in [0, 0.1) is 0 Å². The Kier molecular flexibility index (Phi) is 12.0. The lowest BCUT2D eigenvalue weighted by Gasteiger charge is -2.32. The van der Waals surface area contributed by atoms with Gasteiger partial charge >= 0.3 is 0 Å². The molecule has 0 heterocycles. The first kappa shape index (κ1) is 44.1. The third-order valence-corrected chi connectivity index (χ3v) is 11.4. The first-order valence-corrected chi connectivity index (χ1v) is 20.8. The van der Waals surface area contributed by atoms with Gasteiger partial charge in [-0.3, -0.25) is 0 Å². The molecule has 5 aromatic carbocycles. The van der Waals surface area contributed by atoms with Crippen LogP contribution < -0.4 is 0 Å².